The lowest BCUT2D eigenvalue weighted by Crippen LogP contribution is -2.14. The summed E-state index contributed by atoms with van der Waals surface area (Å²) >= 11 is 4.57. The summed E-state index contributed by atoms with van der Waals surface area (Å²) in [7, 11) is 1.26. The highest BCUT2D eigenvalue weighted by Crippen LogP contribution is 2.37. The average Bonchev–Trinajstić information content (AvgIpc) is 3.11. The summed E-state index contributed by atoms with van der Waals surface area (Å²) in [4.78, 5) is 35.3. The van der Waals surface area contributed by atoms with Crippen LogP contribution in [0.1, 0.15) is 20.7 Å². The fraction of sp³-hybridized carbons (Fsp3) is 0.0526. The zero-order valence-electron chi connectivity index (χ0n) is 14.5. The van der Waals surface area contributed by atoms with Gasteiger partial charge in [0.05, 0.1) is 12.0 Å². The van der Waals surface area contributed by atoms with Crippen LogP contribution in [0.4, 0.5) is 10.7 Å². The lowest BCUT2D eigenvalue weighted by atomic mass is 10.0. The minimum absolute atomic E-state index is 0.113. The normalized spacial score (nSPS) is 10.4. The number of halogens is 1. The van der Waals surface area contributed by atoms with Crippen molar-refractivity contribution in [2.24, 2.45) is 0 Å². The molecule has 0 spiro atoms. The molecule has 142 valence electrons. The van der Waals surface area contributed by atoms with Gasteiger partial charge in [-0.15, -0.1) is 11.3 Å². The van der Waals surface area contributed by atoms with Crippen molar-refractivity contribution in [3.05, 3.63) is 79.6 Å². The van der Waals surface area contributed by atoms with Gasteiger partial charge >= 0.3 is 5.97 Å². The van der Waals surface area contributed by atoms with Gasteiger partial charge in [0.1, 0.15) is 10.6 Å². The molecule has 3 aromatic rings. The van der Waals surface area contributed by atoms with E-state index in [0.29, 0.717) is 10.6 Å². The number of rotatable bonds is 5. The third kappa shape index (κ3) is 4.10. The number of anilines is 1. The van der Waals surface area contributed by atoms with Gasteiger partial charge in [-0.05, 0) is 23.8 Å². The molecule has 0 unspecified atom stereocenters. The van der Waals surface area contributed by atoms with Crippen LogP contribution in [0.15, 0.2) is 58.4 Å². The van der Waals surface area contributed by atoms with E-state index in [9.17, 15) is 19.7 Å². The second-order valence-corrected chi connectivity index (χ2v) is 7.41. The second-order valence-electron chi connectivity index (χ2n) is 5.62. The molecule has 0 aliphatic rings. The minimum atomic E-state index is -0.592. The maximum atomic E-state index is 12.6. The van der Waals surface area contributed by atoms with Crippen molar-refractivity contribution in [3.8, 4) is 11.1 Å². The molecule has 0 aliphatic carbocycles. The molecule has 3 rings (SSSR count). The number of amides is 1. The smallest absolute Gasteiger partial charge is 0.341 e. The molecule has 0 saturated heterocycles. The summed E-state index contributed by atoms with van der Waals surface area (Å²) < 4.78 is 5.72. The van der Waals surface area contributed by atoms with Crippen LogP contribution in [0.25, 0.3) is 11.1 Å². The van der Waals surface area contributed by atoms with Crippen LogP contribution < -0.4 is 5.32 Å². The average molecular weight is 461 g/mol. The number of nitro benzene ring substituents is 1. The number of carbonyl (C=O) groups excluding carboxylic acids is 2. The van der Waals surface area contributed by atoms with E-state index in [1.807, 2.05) is 24.3 Å². The number of nitrogens with one attached hydrogen (secondary N) is 1. The Bertz CT molecular complexity index is 1080. The van der Waals surface area contributed by atoms with Gasteiger partial charge in [0.2, 0.25) is 0 Å². The highest BCUT2D eigenvalue weighted by atomic mass is 79.9. The van der Waals surface area contributed by atoms with E-state index in [1.165, 1.54) is 42.7 Å². The molecule has 0 atom stereocenters. The maximum absolute atomic E-state index is 12.6. The van der Waals surface area contributed by atoms with E-state index >= 15 is 0 Å². The Morgan fingerprint density at radius 2 is 1.93 bits per heavy atom. The predicted octanol–water partition coefficient (Wildman–Crippen LogP) is 5.12. The zero-order valence-corrected chi connectivity index (χ0v) is 16.9. The molecule has 28 heavy (non-hydrogen) atoms. The molecule has 0 radical (unpaired) electrons. The van der Waals surface area contributed by atoms with E-state index < -0.39 is 16.8 Å². The molecule has 1 amide bonds. The number of non-ortho nitro benzene ring substituents is 1. The van der Waals surface area contributed by atoms with Crippen LogP contribution in [0.2, 0.25) is 0 Å². The van der Waals surface area contributed by atoms with Crippen molar-refractivity contribution in [2.75, 3.05) is 12.4 Å². The highest BCUT2D eigenvalue weighted by molar-refractivity contribution is 9.10. The van der Waals surface area contributed by atoms with Crippen LogP contribution in [0.3, 0.4) is 0 Å². The number of hydrogen-bond acceptors (Lipinski definition) is 6. The summed E-state index contributed by atoms with van der Waals surface area (Å²) in [5.41, 5.74) is 1.54. The second kappa shape index (κ2) is 8.32. The first-order valence-electron chi connectivity index (χ1n) is 7.92. The van der Waals surface area contributed by atoms with Crippen molar-refractivity contribution >= 4 is 49.8 Å². The molecule has 0 fully saturated rings. The first kappa shape index (κ1) is 19.7. The topological polar surface area (TPSA) is 98.5 Å². The first-order chi connectivity index (χ1) is 13.4. The number of benzene rings is 2. The molecule has 7 nitrogen and oxygen atoms in total. The van der Waals surface area contributed by atoms with E-state index in [0.717, 1.165) is 10.0 Å². The Hall–Kier alpha value is -3.04. The monoisotopic (exact) mass is 460 g/mol. The lowest BCUT2D eigenvalue weighted by Gasteiger charge is -2.08. The van der Waals surface area contributed by atoms with Gasteiger partial charge in [0.15, 0.2) is 0 Å². The molecule has 1 aromatic heterocycles. The van der Waals surface area contributed by atoms with Crippen LogP contribution in [-0.4, -0.2) is 23.9 Å². The number of thiophene rings is 1. The number of carbonyl (C=O) groups is 2. The number of esters is 1. The Labute approximate surface area is 172 Å². The van der Waals surface area contributed by atoms with Crippen molar-refractivity contribution in [2.45, 2.75) is 0 Å². The molecule has 0 bridgehead atoms. The van der Waals surface area contributed by atoms with Gasteiger partial charge in [-0.3, -0.25) is 14.9 Å². The Balaban J connectivity index is 1.98. The number of methoxy groups -OCH3 is 1. The third-order valence-electron chi connectivity index (χ3n) is 3.86. The molecular formula is C19H13BrN2O5S. The van der Waals surface area contributed by atoms with E-state index in [4.69, 9.17) is 4.74 Å². The Morgan fingerprint density at radius 3 is 2.61 bits per heavy atom. The molecule has 1 N–H and O–H groups in total. The predicted molar refractivity (Wildman–Crippen MR) is 110 cm³/mol. The van der Waals surface area contributed by atoms with E-state index in [2.05, 4.69) is 21.2 Å². The fourth-order valence-corrected chi connectivity index (χ4v) is 3.91. The number of nitrogens with zero attached hydrogens (tertiary/aromatic N) is 1. The van der Waals surface area contributed by atoms with Crippen molar-refractivity contribution in [1.82, 2.24) is 0 Å². The van der Waals surface area contributed by atoms with Gasteiger partial charge in [0.25, 0.3) is 11.6 Å². The fourth-order valence-electron chi connectivity index (χ4n) is 2.56. The molecule has 0 saturated carbocycles. The molecule has 1 heterocycles. The van der Waals surface area contributed by atoms with Gasteiger partial charge in [0, 0.05) is 33.1 Å². The van der Waals surface area contributed by atoms with Crippen molar-refractivity contribution in [1.29, 1.82) is 0 Å². The molecular weight excluding hydrogens is 448 g/mol. The Morgan fingerprint density at radius 1 is 1.18 bits per heavy atom. The van der Waals surface area contributed by atoms with Crippen LogP contribution in [0.5, 0.6) is 0 Å². The van der Waals surface area contributed by atoms with Gasteiger partial charge in [-0.25, -0.2) is 4.79 Å². The largest absolute Gasteiger partial charge is 0.465 e. The lowest BCUT2D eigenvalue weighted by molar-refractivity contribution is -0.384. The number of ether oxygens (including phenoxy) is 1. The van der Waals surface area contributed by atoms with E-state index in [1.54, 1.807) is 5.38 Å². The summed E-state index contributed by atoms with van der Waals surface area (Å²) in [5, 5.41) is 15.6. The van der Waals surface area contributed by atoms with Crippen molar-refractivity contribution in [3.63, 3.8) is 0 Å². The quantitative estimate of drug-likeness (QED) is 0.323. The number of nitro groups is 1. The maximum Gasteiger partial charge on any atom is 0.341 e. The van der Waals surface area contributed by atoms with Crippen molar-refractivity contribution < 1.29 is 19.2 Å². The van der Waals surface area contributed by atoms with Crippen LogP contribution >= 0.6 is 27.3 Å². The van der Waals surface area contributed by atoms with Crippen LogP contribution in [-0.2, 0) is 4.74 Å². The molecule has 0 aliphatic heterocycles. The standard InChI is InChI=1S/C19H13BrN2O5S/c1-27-19(24)16-15(11-4-2-6-13(20)8-11)10-28-18(16)21-17(23)12-5-3-7-14(9-12)22(25)26/h2-10H,1H3,(H,21,23). The zero-order chi connectivity index (χ0) is 20.3. The van der Waals surface area contributed by atoms with E-state index in [-0.39, 0.29) is 16.8 Å². The summed E-state index contributed by atoms with van der Waals surface area (Å²) in [6.45, 7) is 0. The Kier molecular flexibility index (Phi) is 5.86. The summed E-state index contributed by atoms with van der Waals surface area (Å²) in [6, 6.07) is 12.7. The first-order valence-corrected chi connectivity index (χ1v) is 9.59. The van der Waals surface area contributed by atoms with Gasteiger partial charge in [-0.2, -0.15) is 0 Å². The van der Waals surface area contributed by atoms with Gasteiger partial charge in [-0.1, -0.05) is 34.1 Å². The summed E-state index contributed by atoms with van der Waals surface area (Å²) in [6.07, 6.45) is 0. The van der Waals surface area contributed by atoms with Gasteiger partial charge < -0.3 is 10.1 Å². The number of hydrogen-bond donors (Lipinski definition) is 1. The third-order valence-corrected chi connectivity index (χ3v) is 5.25. The summed E-state index contributed by atoms with van der Waals surface area (Å²) in [5.74, 6) is -1.15. The minimum Gasteiger partial charge on any atom is -0.465 e. The molecule has 2 aromatic carbocycles. The SMILES string of the molecule is COC(=O)c1c(-c2cccc(Br)c2)csc1NC(=O)c1cccc([N+](=O)[O-])c1. The highest BCUT2D eigenvalue weighted by Gasteiger charge is 2.23. The molecule has 9 heteroatoms. The van der Waals surface area contributed by atoms with Crippen LogP contribution in [0, 0.1) is 10.1 Å².